The minimum Gasteiger partial charge on any atom is -0.456 e. The summed E-state index contributed by atoms with van der Waals surface area (Å²) in [5.74, 6) is 0. The molecule has 0 atom stereocenters. The predicted octanol–water partition coefficient (Wildman–Crippen LogP) is 16.1. The third-order valence-electron chi connectivity index (χ3n) is 11.1. The summed E-state index contributed by atoms with van der Waals surface area (Å²) in [6, 6.07) is 76.5. The number of hydrogen-bond donors (Lipinski definition) is 0. The Bertz CT molecular complexity index is 3250. The molecule has 11 aromatic rings. The van der Waals surface area contributed by atoms with Crippen LogP contribution in [0.4, 0.5) is 17.1 Å². The lowest BCUT2D eigenvalue weighted by Crippen LogP contribution is -2.11. The first-order valence-corrected chi connectivity index (χ1v) is 20.1. The minimum atomic E-state index is 0.900. The van der Waals surface area contributed by atoms with Gasteiger partial charge < -0.3 is 9.32 Å². The maximum atomic E-state index is 6.27. The Morgan fingerprint density at radius 2 is 0.877 bits per heavy atom. The highest BCUT2D eigenvalue weighted by Crippen LogP contribution is 2.47. The Kier molecular flexibility index (Phi) is 8.04. The highest BCUT2D eigenvalue weighted by atomic mass is 32.1. The Balaban J connectivity index is 1.08. The van der Waals surface area contributed by atoms with Gasteiger partial charge in [0, 0.05) is 47.9 Å². The van der Waals surface area contributed by atoms with Gasteiger partial charge in [0.2, 0.25) is 0 Å². The van der Waals surface area contributed by atoms with Crippen molar-refractivity contribution in [2.45, 2.75) is 0 Å². The van der Waals surface area contributed by atoms with E-state index in [9.17, 15) is 0 Å². The first-order chi connectivity index (χ1) is 28.3. The number of furan rings is 1. The number of fused-ring (bicyclic) bond motifs is 6. The van der Waals surface area contributed by atoms with Crippen molar-refractivity contribution in [2.75, 3.05) is 4.90 Å². The maximum absolute atomic E-state index is 6.27. The van der Waals surface area contributed by atoms with Crippen LogP contribution in [0.5, 0.6) is 0 Å². The molecule has 0 amide bonds. The number of nitrogens with zero attached hydrogens (tertiary/aromatic N) is 1. The topological polar surface area (TPSA) is 16.4 Å². The number of hydrogen-bond acceptors (Lipinski definition) is 3. The van der Waals surface area contributed by atoms with Gasteiger partial charge >= 0.3 is 0 Å². The average molecular weight is 746 g/mol. The van der Waals surface area contributed by atoms with Crippen molar-refractivity contribution in [3.63, 3.8) is 0 Å². The first-order valence-electron chi connectivity index (χ1n) is 19.3. The standard InChI is InChI=1S/C54H35NOS/c1-2-14-37(15-3-1)41-16-4-5-17-42(41)43-18-6-7-19-44(43)45-20-8-11-23-50(45)55(40-31-33-54-49(35-40)48-22-10-13-25-53(48)57-54)39-29-26-36(27-30-39)38-28-32-47-46-21-9-12-24-51(46)56-52(47)34-38/h1-35H. The molecule has 0 saturated heterocycles. The SMILES string of the molecule is c1ccc(-c2ccccc2-c2ccccc2-c2ccccc2N(c2ccc(-c3ccc4c(c3)oc3ccccc34)cc2)c2ccc3sc4ccccc4c3c2)cc1. The number of rotatable bonds is 7. The Labute approximate surface area is 335 Å². The van der Waals surface area contributed by atoms with Gasteiger partial charge in [0.25, 0.3) is 0 Å². The summed E-state index contributed by atoms with van der Waals surface area (Å²) in [6.07, 6.45) is 0. The fraction of sp³-hybridized carbons (Fsp3) is 0. The van der Waals surface area contributed by atoms with Crippen LogP contribution in [0.2, 0.25) is 0 Å². The van der Waals surface area contributed by atoms with E-state index in [2.05, 4.69) is 205 Å². The van der Waals surface area contributed by atoms with Crippen LogP contribution in [-0.4, -0.2) is 0 Å². The van der Waals surface area contributed by atoms with Gasteiger partial charge in [0.15, 0.2) is 0 Å². The third-order valence-corrected chi connectivity index (χ3v) is 12.3. The van der Waals surface area contributed by atoms with Crippen molar-refractivity contribution in [1.29, 1.82) is 0 Å². The quantitative estimate of drug-likeness (QED) is 0.162. The summed E-state index contributed by atoms with van der Waals surface area (Å²) in [6.45, 7) is 0. The zero-order valence-corrected chi connectivity index (χ0v) is 31.8. The van der Waals surface area contributed by atoms with Crippen LogP contribution in [-0.2, 0) is 0 Å². The van der Waals surface area contributed by atoms with Crippen LogP contribution < -0.4 is 4.90 Å². The van der Waals surface area contributed by atoms with Crippen LogP contribution in [0.25, 0.3) is 86.6 Å². The number of benzene rings is 9. The van der Waals surface area contributed by atoms with Crippen molar-refractivity contribution in [3.8, 4) is 44.5 Å². The second-order valence-corrected chi connectivity index (χ2v) is 15.5. The fourth-order valence-electron chi connectivity index (χ4n) is 8.43. The fourth-order valence-corrected chi connectivity index (χ4v) is 9.51. The average Bonchev–Trinajstić information content (AvgIpc) is 3.85. The highest BCUT2D eigenvalue weighted by Gasteiger charge is 2.21. The van der Waals surface area contributed by atoms with E-state index >= 15 is 0 Å². The molecule has 0 saturated carbocycles. The van der Waals surface area contributed by atoms with Gasteiger partial charge in [-0.2, -0.15) is 0 Å². The molecule has 0 spiro atoms. The van der Waals surface area contributed by atoms with Crippen molar-refractivity contribution in [2.24, 2.45) is 0 Å². The van der Waals surface area contributed by atoms with Crippen molar-refractivity contribution >= 4 is 70.5 Å². The molecule has 0 bridgehead atoms. The maximum Gasteiger partial charge on any atom is 0.136 e. The van der Waals surface area contributed by atoms with Gasteiger partial charge in [-0.05, 0) is 99.6 Å². The molecule has 9 aromatic carbocycles. The molecule has 2 nitrogen and oxygen atoms in total. The van der Waals surface area contributed by atoms with E-state index in [-0.39, 0.29) is 0 Å². The molecule has 2 heterocycles. The Hall–Kier alpha value is -7.20. The van der Waals surface area contributed by atoms with Gasteiger partial charge in [-0.3, -0.25) is 0 Å². The third kappa shape index (κ3) is 5.80. The van der Waals surface area contributed by atoms with Crippen LogP contribution >= 0.6 is 11.3 Å². The lowest BCUT2D eigenvalue weighted by atomic mass is 9.88. The highest BCUT2D eigenvalue weighted by molar-refractivity contribution is 7.25. The number of para-hydroxylation sites is 2. The Morgan fingerprint density at radius 3 is 1.68 bits per heavy atom. The summed E-state index contributed by atoms with van der Waals surface area (Å²) in [5.41, 5.74) is 14.5. The van der Waals surface area contributed by atoms with E-state index in [4.69, 9.17) is 4.42 Å². The molecule has 0 fully saturated rings. The summed E-state index contributed by atoms with van der Waals surface area (Å²) >= 11 is 1.85. The smallest absolute Gasteiger partial charge is 0.136 e. The molecular formula is C54H35NOS. The van der Waals surface area contributed by atoms with Gasteiger partial charge in [-0.15, -0.1) is 11.3 Å². The summed E-state index contributed by atoms with van der Waals surface area (Å²) in [5, 5.41) is 4.83. The lowest BCUT2D eigenvalue weighted by molar-refractivity contribution is 0.669. The minimum absolute atomic E-state index is 0.900. The molecule has 0 radical (unpaired) electrons. The molecular weight excluding hydrogens is 711 g/mol. The normalized spacial score (nSPS) is 11.5. The molecule has 3 heteroatoms. The van der Waals surface area contributed by atoms with Crippen molar-refractivity contribution in [1.82, 2.24) is 0 Å². The molecule has 0 N–H and O–H groups in total. The van der Waals surface area contributed by atoms with Crippen molar-refractivity contribution in [3.05, 3.63) is 212 Å². The zero-order chi connectivity index (χ0) is 37.7. The van der Waals surface area contributed by atoms with Gasteiger partial charge in [-0.1, -0.05) is 152 Å². The van der Waals surface area contributed by atoms with E-state index in [1.165, 1.54) is 48.0 Å². The molecule has 268 valence electrons. The van der Waals surface area contributed by atoms with E-state index < -0.39 is 0 Å². The van der Waals surface area contributed by atoms with Crippen LogP contribution in [0.3, 0.4) is 0 Å². The first kappa shape index (κ1) is 33.2. The number of anilines is 3. The molecule has 0 aliphatic carbocycles. The number of thiophene rings is 1. The molecule has 2 aromatic heterocycles. The van der Waals surface area contributed by atoms with Gasteiger partial charge in [0.1, 0.15) is 11.2 Å². The summed E-state index contributed by atoms with van der Waals surface area (Å²) in [7, 11) is 0. The monoisotopic (exact) mass is 745 g/mol. The molecule has 0 aliphatic rings. The summed E-state index contributed by atoms with van der Waals surface area (Å²) in [4.78, 5) is 2.42. The lowest BCUT2D eigenvalue weighted by Gasteiger charge is -2.29. The Morgan fingerprint density at radius 1 is 0.316 bits per heavy atom. The zero-order valence-electron chi connectivity index (χ0n) is 31.0. The van der Waals surface area contributed by atoms with E-state index in [0.717, 1.165) is 55.7 Å². The van der Waals surface area contributed by atoms with Crippen molar-refractivity contribution < 1.29 is 4.42 Å². The predicted molar refractivity (Wildman–Crippen MR) is 243 cm³/mol. The molecule has 57 heavy (non-hydrogen) atoms. The van der Waals surface area contributed by atoms with E-state index in [0.29, 0.717) is 0 Å². The van der Waals surface area contributed by atoms with Crippen LogP contribution in [0.1, 0.15) is 0 Å². The van der Waals surface area contributed by atoms with E-state index in [1.807, 2.05) is 23.5 Å². The second-order valence-electron chi connectivity index (χ2n) is 14.4. The van der Waals surface area contributed by atoms with Gasteiger partial charge in [-0.25, -0.2) is 0 Å². The molecule has 0 aliphatic heterocycles. The van der Waals surface area contributed by atoms with Crippen LogP contribution in [0.15, 0.2) is 217 Å². The molecule has 11 rings (SSSR count). The second kappa shape index (κ2) is 13.8. The van der Waals surface area contributed by atoms with Gasteiger partial charge in [0.05, 0.1) is 5.69 Å². The largest absolute Gasteiger partial charge is 0.456 e. The van der Waals surface area contributed by atoms with E-state index in [1.54, 1.807) is 0 Å². The molecule has 0 unspecified atom stereocenters. The summed E-state index contributed by atoms with van der Waals surface area (Å²) < 4.78 is 8.86. The van der Waals surface area contributed by atoms with Crippen LogP contribution in [0, 0.1) is 0 Å².